The Morgan fingerprint density at radius 2 is 1.64 bits per heavy atom. The second-order valence-corrected chi connectivity index (χ2v) is 6.67. The summed E-state index contributed by atoms with van der Waals surface area (Å²) in [6, 6.07) is 13.7. The first-order valence-electron chi connectivity index (χ1n) is 7.05. The van der Waals surface area contributed by atoms with Crippen molar-refractivity contribution in [2.75, 3.05) is 5.32 Å². The van der Waals surface area contributed by atoms with Gasteiger partial charge in [-0.15, -0.1) is 10.2 Å². The van der Waals surface area contributed by atoms with Gasteiger partial charge in [0.1, 0.15) is 0 Å². The van der Waals surface area contributed by atoms with Crippen molar-refractivity contribution < 1.29 is 4.79 Å². The van der Waals surface area contributed by atoms with E-state index in [1.165, 1.54) is 17.6 Å². The van der Waals surface area contributed by atoms with Crippen LogP contribution in [0.4, 0.5) is 10.8 Å². The normalized spacial score (nSPS) is 10.8. The number of hydrazone groups is 1. The molecule has 6 nitrogen and oxygen atoms in total. The smallest absolute Gasteiger partial charge is 0.271 e. The Labute approximate surface area is 157 Å². The number of anilines is 2. The van der Waals surface area contributed by atoms with Crippen LogP contribution in [0.1, 0.15) is 15.4 Å². The molecule has 2 N–H and O–H groups in total. The Hall–Kier alpha value is -2.48. The molecule has 9 heteroatoms. The lowest BCUT2D eigenvalue weighted by Crippen LogP contribution is -2.17. The van der Waals surface area contributed by atoms with E-state index in [0.717, 1.165) is 5.69 Å². The van der Waals surface area contributed by atoms with Gasteiger partial charge < -0.3 is 5.32 Å². The molecule has 0 radical (unpaired) electrons. The van der Waals surface area contributed by atoms with Crippen molar-refractivity contribution in [3.8, 4) is 0 Å². The molecule has 0 atom stereocenters. The highest BCUT2D eigenvalue weighted by molar-refractivity contribution is 7.16. The quantitative estimate of drug-likeness (QED) is 0.500. The third kappa shape index (κ3) is 4.99. The lowest BCUT2D eigenvalue weighted by atomic mass is 10.2. The molecule has 3 rings (SSSR count). The van der Waals surface area contributed by atoms with E-state index in [4.69, 9.17) is 23.2 Å². The number of aromatic nitrogens is 2. The SMILES string of the molecule is O=C(NN=Cc1nnc(Nc2ccc(Cl)cc2)s1)c1ccc(Cl)cc1. The molecular weight excluding hydrogens is 381 g/mol. The number of nitrogens with zero attached hydrogens (tertiary/aromatic N) is 3. The van der Waals surface area contributed by atoms with Crippen molar-refractivity contribution >= 4 is 57.5 Å². The summed E-state index contributed by atoms with van der Waals surface area (Å²) < 4.78 is 0. The third-order valence-electron chi connectivity index (χ3n) is 2.98. The zero-order valence-corrected chi connectivity index (χ0v) is 14.9. The molecule has 25 heavy (non-hydrogen) atoms. The van der Waals surface area contributed by atoms with Gasteiger partial charge in [0.15, 0.2) is 5.01 Å². The van der Waals surface area contributed by atoms with E-state index in [2.05, 4.69) is 26.0 Å². The molecule has 2 aromatic carbocycles. The molecule has 0 spiro atoms. The minimum Gasteiger partial charge on any atom is -0.330 e. The van der Waals surface area contributed by atoms with Crippen molar-refractivity contribution in [3.63, 3.8) is 0 Å². The first kappa shape index (κ1) is 17.3. The van der Waals surface area contributed by atoms with Crippen molar-refractivity contribution in [2.24, 2.45) is 5.10 Å². The van der Waals surface area contributed by atoms with Crippen LogP contribution in [0, 0.1) is 0 Å². The van der Waals surface area contributed by atoms with E-state index in [0.29, 0.717) is 25.7 Å². The van der Waals surface area contributed by atoms with Crippen molar-refractivity contribution in [1.82, 2.24) is 15.6 Å². The Kier molecular flexibility index (Phi) is 5.60. The maximum Gasteiger partial charge on any atom is 0.271 e. The van der Waals surface area contributed by atoms with Gasteiger partial charge >= 0.3 is 0 Å². The van der Waals surface area contributed by atoms with E-state index in [9.17, 15) is 4.79 Å². The molecule has 0 aliphatic heterocycles. The van der Waals surface area contributed by atoms with Crippen LogP contribution in [0.2, 0.25) is 10.0 Å². The molecule has 0 saturated carbocycles. The van der Waals surface area contributed by atoms with Crippen LogP contribution in [0.25, 0.3) is 0 Å². The fraction of sp³-hybridized carbons (Fsp3) is 0. The second kappa shape index (κ2) is 8.06. The van der Waals surface area contributed by atoms with Crippen molar-refractivity contribution in [1.29, 1.82) is 0 Å². The first-order chi connectivity index (χ1) is 12.1. The molecule has 0 fully saturated rings. The predicted octanol–water partition coefficient (Wildman–Crippen LogP) is 4.35. The number of halogens is 2. The van der Waals surface area contributed by atoms with Crippen LogP contribution < -0.4 is 10.7 Å². The highest BCUT2D eigenvalue weighted by atomic mass is 35.5. The summed E-state index contributed by atoms with van der Waals surface area (Å²) in [5.41, 5.74) is 3.73. The molecule has 0 unspecified atom stereocenters. The van der Waals surface area contributed by atoms with Gasteiger partial charge in [-0.05, 0) is 48.5 Å². The van der Waals surface area contributed by atoms with E-state index >= 15 is 0 Å². The minimum absolute atomic E-state index is 0.336. The van der Waals surface area contributed by atoms with E-state index < -0.39 is 0 Å². The van der Waals surface area contributed by atoms with Crippen LogP contribution in [-0.2, 0) is 0 Å². The zero-order valence-electron chi connectivity index (χ0n) is 12.6. The van der Waals surface area contributed by atoms with Gasteiger partial charge in [0.2, 0.25) is 5.13 Å². The summed E-state index contributed by atoms with van der Waals surface area (Å²) >= 11 is 12.9. The highest BCUT2D eigenvalue weighted by Crippen LogP contribution is 2.21. The average Bonchev–Trinajstić information content (AvgIpc) is 3.05. The average molecular weight is 392 g/mol. The number of benzene rings is 2. The maximum absolute atomic E-state index is 11.9. The summed E-state index contributed by atoms with van der Waals surface area (Å²) in [7, 11) is 0. The predicted molar refractivity (Wildman–Crippen MR) is 101 cm³/mol. The largest absolute Gasteiger partial charge is 0.330 e. The van der Waals surface area contributed by atoms with Crippen LogP contribution in [0.5, 0.6) is 0 Å². The van der Waals surface area contributed by atoms with Gasteiger partial charge in [0, 0.05) is 21.3 Å². The van der Waals surface area contributed by atoms with Crippen LogP contribution in [-0.4, -0.2) is 22.3 Å². The number of nitrogens with one attached hydrogen (secondary N) is 2. The van der Waals surface area contributed by atoms with E-state index in [1.54, 1.807) is 36.4 Å². The van der Waals surface area contributed by atoms with Gasteiger partial charge in [0.05, 0.1) is 6.21 Å². The van der Waals surface area contributed by atoms with Crippen LogP contribution in [0.15, 0.2) is 53.6 Å². The fourth-order valence-corrected chi connectivity index (χ4v) is 2.69. The molecule has 0 bridgehead atoms. The Bertz CT molecular complexity index is 894. The minimum atomic E-state index is -0.336. The standard InChI is InChI=1S/C16H11Cl2N5OS/c17-11-3-1-10(2-4-11)15(24)22-19-9-14-21-23-16(25-14)20-13-7-5-12(18)6-8-13/h1-9H,(H,20,23)(H,22,24). The van der Waals surface area contributed by atoms with E-state index in [-0.39, 0.29) is 5.91 Å². The first-order valence-corrected chi connectivity index (χ1v) is 8.62. The second-order valence-electron chi connectivity index (χ2n) is 4.78. The molecular formula is C16H11Cl2N5OS. The number of rotatable bonds is 5. The Morgan fingerprint density at radius 3 is 2.32 bits per heavy atom. The molecule has 1 aromatic heterocycles. The number of hydrogen-bond donors (Lipinski definition) is 2. The Balaban J connectivity index is 1.57. The number of carbonyl (C=O) groups is 1. The Morgan fingerprint density at radius 1 is 1.00 bits per heavy atom. The zero-order chi connectivity index (χ0) is 17.6. The van der Waals surface area contributed by atoms with E-state index in [1.807, 2.05) is 12.1 Å². The molecule has 126 valence electrons. The van der Waals surface area contributed by atoms with Crippen LogP contribution >= 0.6 is 34.5 Å². The monoisotopic (exact) mass is 391 g/mol. The van der Waals surface area contributed by atoms with Crippen molar-refractivity contribution in [3.05, 3.63) is 69.1 Å². The summed E-state index contributed by atoms with van der Waals surface area (Å²) in [5.74, 6) is -0.336. The number of carbonyl (C=O) groups excluding carboxylic acids is 1. The van der Waals surface area contributed by atoms with Gasteiger partial charge in [-0.3, -0.25) is 4.79 Å². The van der Waals surface area contributed by atoms with Gasteiger partial charge in [0.25, 0.3) is 5.91 Å². The molecule has 3 aromatic rings. The fourth-order valence-electron chi connectivity index (χ4n) is 1.81. The van der Waals surface area contributed by atoms with Crippen LogP contribution in [0.3, 0.4) is 0 Å². The summed E-state index contributed by atoms with van der Waals surface area (Å²) in [6.07, 6.45) is 1.43. The molecule has 1 heterocycles. The number of hydrogen-bond acceptors (Lipinski definition) is 6. The van der Waals surface area contributed by atoms with Crippen molar-refractivity contribution in [2.45, 2.75) is 0 Å². The highest BCUT2D eigenvalue weighted by Gasteiger charge is 2.05. The molecule has 1 amide bonds. The van der Waals surface area contributed by atoms with Gasteiger partial charge in [-0.2, -0.15) is 5.10 Å². The van der Waals surface area contributed by atoms with Gasteiger partial charge in [-0.25, -0.2) is 5.43 Å². The summed E-state index contributed by atoms with van der Waals surface area (Å²) in [4.78, 5) is 11.9. The summed E-state index contributed by atoms with van der Waals surface area (Å²) in [6.45, 7) is 0. The van der Waals surface area contributed by atoms with Gasteiger partial charge in [-0.1, -0.05) is 34.5 Å². The topological polar surface area (TPSA) is 79.3 Å². The molecule has 0 saturated heterocycles. The lowest BCUT2D eigenvalue weighted by Gasteiger charge is -2.00. The lowest BCUT2D eigenvalue weighted by molar-refractivity contribution is 0.0955. The molecule has 0 aliphatic carbocycles. The number of amides is 1. The maximum atomic E-state index is 11.9. The summed E-state index contributed by atoms with van der Waals surface area (Å²) in [5, 5.41) is 17.3. The molecule has 0 aliphatic rings. The third-order valence-corrected chi connectivity index (χ3v) is 4.26.